The molecular weight excluding hydrogens is 224 g/mol. The summed E-state index contributed by atoms with van der Waals surface area (Å²) in [4.78, 5) is 10.3. The van der Waals surface area contributed by atoms with Gasteiger partial charge in [0, 0.05) is 18.8 Å². The van der Waals surface area contributed by atoms with Gasteiger partial charge in [-0.25, -0.2) is 4.68 Å². The van der Waals surface area contributed by atoms with Crippen LogP contribution in [0.4, 0.5) is 11.5 Å². The van der Waals surface area contributed by atoms with Crippen LogP contribution < -0.4 is 5.73 Å². The molecule has 2 aromatic rings. The third-order valence-electron chi connectivity index (χ3n) is 2.41. The molecule has 0 aliphatic rings. The van der Waals surface area contributed by atoms with E-state index in [1.54, 1.807) is 24.9 Å². The first-order valence-electron chi connectivity index (χ1n) is 4.94. The topological polar surface area (TPSA) is 105 Å². The minimum atomic E-state index is -0.516. The summed E-state index contributed by atoms with van der Waals surface area (Å²) in [6.07, 6.45) is 3.48. The van der Waals surface area contributed by atoms with E-state index in [4.69, 9.17) is 5.73 Å². The Balaban J connectivity index is 2.34. The number of nitrogens with two attached hydrogens (primary N) is 1. The summed E-state index contributed by atoms with van der Waals surface area (Å²) >= 11 is 0. The number of anilines is 1. The van der Waals surface area contributed by atoms with Gasteiger partial charge in [-0.15, -0.1) is 0 Å². The zero-order valence-electron chi connectivity index (χ0n) is 9.49. The van der Waals surface area contributed by atoms with E-state index < -0.39 is 4.92 Å². The van der Waals surface area contributed by atoms with E-state index in [-0.39, 0.29) is 11.5 Å². The Kier molecular flexibility index (Phi) is 2.54. The Bertz CT molecular complexity index is 570. The van der Waals surface area contributed by atoms with E-state index in [2.05, 4.69) is 10.2 Å². The normalized spacial score (nSPS) is 10.7. The lowest BCUT2D eigenvalue weighted by Crippen LogP contribution is -2.06. The number of rotatable bonds is 3. The van der Waals surface area contributed by atoms with Crippen LogP contribution in [0, 0.1) is 17.0 Å². The van der Waals surface area contributed by atoms with Gasteiger partial charge in [0.05, 0.1) is 17.7 Å². The summed E-state index contributed by atoms with van der Waals surface area (Å²) < 4.78 is 3.06. The highest BCUT2D eigenvalue weighted by atomic mass is 16.6. The SMILES string of the molecule is Cc1nn(Cc2cnn(C)c2)c(N)c1[N+](=O)[O-]. The number of aromatic nitrogens is 4. The predicted octanol–water partition coefficient (Wildman–Crippen LogP) is 0.464. The van der Waals surface area contributed by atoms with E-state index in [0.717, 1.165) is 5.56 Å². The van der Waals surface area contributed by atoms with Gasteiger partial charge in [-0.05, 0) is 6.92 Å². The maximum Gasteiger partial charge on any atom is 0.333 e. The predicted molar refractivity (Wildman–Crippen MR) is 60.3 cm³/mol. The maximum atomic E-state index is 10.8. The van der Waals surface area contributed by atoms with Crippen LogP contribution in [0.1, 0.15) is 11.3 Å². The van der Waals surface area contributed by atoms with Crippen molar-refractivity contribution in [1.29, 1.82) is 0 Å². The van der Waals surface area contributed by atoms with Gasteiger partial charge < -0.3 is 5.73 Å². The molecule has 0 fully saturated rings. The Labute approximate surface area is 96.8 Å². The van der Waals surface area contributed by atoms with Crippen LogP contribution in [-0.2, 0) is 13.6 Å². The molecule has 17 heavy (non-hydrogen) atoms. The van der Waals surface area contributed by atoms with Crippen LogP contribution >= 0.6 is 0 Å². The van der Waals surface area contributed by atoms with Crippen LogP contribution in [0.2, 0.25) is 0 Å². The first-order chi connectivity index (χ1) is 7.99. The molecule has 0 aromatic carbocycles. The zero-order valence-corrected chi connectivity index (χ0v) is 9.49. The molecule has 90 valence electrons. The molecule has 2 N–H and O–H groups in total. The van der Waals surface area contributed by atoms with Crippen LogP contribution in [0.15, 0.2) is 12.4 Å². The molecule has 0 aliphatic heterocycles. The van der Waals surface area contributed by atoms with E-state index in [1.807, 2.05) is 6.20 Å². The summed E-state index contributed by atoms with van der Waals surface area (Å²) in [6.45, 7) is 1.93. The van der Waals surface area contributed by atoms with Crippen LogP contribution in [0.5, 0.6) is 0 Å². The second kappa shape index (κ2) is 3.89. The second-order valence-electron chi connectivity index (χ2n) is 3.76. The lowest BCUT2D eigenvalue weighted by molar-refractivity contribution is -0.384. The molecular formula is C9H12N6O2. The minimum Gasteiger partial charge on any atom is -0.378 e. The first kappa shape index (κ1) is 11.1. The van der Waals surface area contributed by atoms with E-state index in [0.29, 0.717) is 12.2 Å². The molecule has 8 heteroatoms. The number of aryl methyl sites for hydroxylation is 2. The van der Waals surface area contributed by atoms with Crippen molar-refractivity contribution in [3.8, 4) is 0 Å². The summed E-state index contributed by atoms with van der Waals surface area (Å²) in [5, 5.41) is 18.8. The highest BCUT2D eigenvalue weighted by Crippen LogP contribution is 2.25. The van der Waals surface area contributed by atoms with Gasteiger partial charge in [0.25, 0.3) is 0 Å². The molecule has 0 saturated heterocycles. The number of hydrogen-bond acceptors (Lipinski definition) is 5. The Morgan fingerprint density at radius 1 is 1.59 bits per heavy atom. The second-order valence-corrected chi connectivity index (χ2v) is 3.76. The van der Waals surface area contributed by atoms with Gasteiger partial charge >= 0.3 is 5.69 Å². The smallest absolute Gasteiger partial charge is 0.333 e. The molecule has 8 nitrogen and oxygen atoms in total. The van der Waals surface area contributed by atoms with Crippen molar-refractivity contribution in [2.45, 2.75) is 13.5 Å². The molecule has 0 amide bonds. The summed E-state index contributed by atoms with van der Waals surface area (Å²) in [6, 6.07) is 0. The largest absolute Gasteiger partial charge is 0.378 e. The Morgan fingerprint density at radius 2 is 2.29 bits per heavy atom. The quantitative estimate of drug-likeness (QED) is 0.615. The lowest BCUT2D eigenvalue weighted by Gasteiger charge is -1.99. The number of nitrogens with zero attached hydrogens (tertiary/aromatic N) is 5. The van der Waals surface area contributed by atoms with E-state index >= 15 is 0 Å². The van der Waals surface area contributed by atoms with Crippen molar-refractivity contribution < 1.29 is 4.92 Å². The van der Waals surface area contributed by atoms with E-state index in [1.165, 1.54) is 4.68 Å². The van der Waals surface area contributed by atoms with Gasteiger partial charge in [-0.2, -0.15) is 10.2 Å². The average Bonchev–Trinajstić information content (AvgIpc) is 2.73. The van der Waals surface area contributed by atoms with Crippen molar-refractivity contribution in [1.82, 2.24) is 19.6 Å². The lowest BCUT2D eigenvalue weighted by atomic mass is 10.3. The zero-order chi connectivity index (χ0) is 12.6. The fourth-order valence-corrected chi connectivity index (χ4v) is 1.66. The number of hydrogen-bond donors (Lipinski definition) is 1. The molecule has 2 aromatic heterocycles. The number of nitro groups is 1. The van der Waals surface area contributed by atoms with Crippen molar-refractivity contribution in [3.05, 3.63) is 33.8 Å². The van der Waals surface area contributed by atoms with Crippen LogP contribution in [0.25, 0.3) is 0 Å². The third-order valence-corrected chi connectivity index (χ3v) is 2.41. The standard InChI is InChI=1S/C9H12N6O2/c1-6-8(15(16)17)9(10)14(12-6)5-7-3-11-13(2)4-7/h3-4H,5,10H2,1-2H3. The first-order valence-corrected chi connectivity index (χ1v) is 4.94. The van der Waals surface area contributed by atoms with E-state index in [9.17, 15) is 10.1 Å². The molecule has 0 unspecified atom stereocenters. The molecule has 2 heterocycles. The fraction of sp³-hybridized carbons (Fsp3) is 0.333. The molecule has 0 atom stereocenters. The summed E-state index contributed by atoms with van der Waals surface area (Å²) in [5.74, 6) is 0.0661. The monoisotopic (exact) mass is 236 g/mol. The molecule has 0 spiro atoms. The molecule has 2 rings (SSSR count). The van der Waals surface area contributed by atoms with Crippen molar-refractivity contribution in [2.24, 2.45) is 7.05 Å². The van der Waals surface area contributed by atoms with Crippen molar-refractivity contribution >= 4 is 11.5 Å². The highest BCUT2D eigenvalue weighted by molar-refractivity contribution is 5.56. The van der Waals surface area contributed by atoms with Gasteiger partial charge in [-0.1, -0.05) is 0 Å². The van der Waals surface area contributed by atoms with Gasteiger partial charge in [-0.3, -0.25) is 14.8 Å². The fourth-order valence-electron chi connectivity index (χ4n) is 1.66. The molecule has 0 saturated carbocycles. The molecule has 0 radical (unpaired) electrons. The van der Waals surface area contributed by atoms with Crippen LogP contribution in [0.3, 0.4) is 0 Å². The Morgan fingerprint density at radius 3 is 2.76 bits per heavy atom. The summed E-state index contributed by atoms with van der Waals surface area (Å²) in [5.41, 5.74) is 6.76. The Hall–Kier alpha value is -2.38. The average molecular weight is 236 g/mol. The maximum absolute atomic E-state index is 10.8. The van der Waals surface area contributed by atoms with Crippen molar-refractivity contribution in [2.75, 3.05) is 5.73 Å². The molecule has 0 bridgehead atoms. The van der Waals surface area contributed by atoms with Gasteiger partial charge in [0.2, 0.25) is 5.82 Å². The molecule has 0 aliphatic carbocycles. The third kappa shape index (κ3) is 1.96. The van der Waals surface area contributed by atoms with Crippen LogP contribution in [-0.4, -0.2) is 24.5 Å². The minimum absolute atomic E-state index is 0.0661. The van der Waals surface area contributed by atoms with Gasteiger partial charge in [0.15, 0.2) is 0 Å². The summed E-state index contributed by atoms with van der Waals surface area (Å²) in [7, 11) is 1.80. The van der Waals surface area contributed by atoms with Gasteiger partial charge in [0.1, 0.15) is 5.69 Å². The van der Waals surface area contributed by atoms with Crippen molar-refractivity contribution in [3.63, 3.8) is 0 Å². The number of nitrogen functional groups attached to an aromatic ring is 1. The highest BCUT2D eigenvalue weighted by Gasteiger charge is 2.22.